The van der Waals surface area contributed by atoms with Crippen LogP contribution in [0.15, 0.2) is 29.3 Å². The van der Waals surface area contributed by atoms with Crippen molar-refractivity contribution >= 4 is 5.96 Å². The lowest BCUT2D eigenvalue weighted by Crippen LogP contribution is -2.42. The van der Waals surface area contributed by atoms with Crippen LogP contribution in [-0.2, 0) is 6.42 Å². The monoisotopic (exact) mass is 273 g/mol. The van der Waals surface area contributed by atoms with Gasteiger partial charge in [0.1, 0.15) is 0 Å². The van der Waals surface area contributed by atoms with Crippen LogP contribution >= 0.6 is 0 Å². The Bertz CT molecular complexity index is 462. The van der Waals surface area contributed by atoms with Crippen molar-refractivity contribution in [2.75, 3.05) is 6.54 Å². The van der Waals surface area contributed by atoms with Crippen molar-refractivity contribution < 1.29 is 0 Å². The molecule has 3 heteroatoms. The molecule has 0 fully saturated rings. The molecule has 2 atom stereocenters. The molecule has 2 unspecified atom stereocenters. The molecule has 0 saturated carbocycles. The van der Waals surface area contributed by atoms with Crippen LogP contribution in [0, 0.1) is 5.92 Å². The van der Waals surface area contributed by atoms with E-state index < -0.39 is 0 Å². The quantitative estimate of drug-likeness (QED) is 0.894. The van der Waals surface area contributed by atoms with Crippen LogP contribution in [0.4, 0.5) is 0 Å². The fraction of sp³-hybridized carbons (Fsp3) is 0.588. The number of guanidine groups is 1. The lowest BCUT2D eigenvalue weighted by atomic mass is 9.98. The molecular formula is C17H27N3. The van der Waals surface area contributed by atoms with Gasteiger partial charge in [-0.3, -0.25) is 4.99 Å². The number of hydrogen-bond donors (Lipinski definition) is 1. The zero-order chi connectivity index (χ0) is 14.7. The Labute approximate surface area is 122 Å². The molecule has 0 bridgehead atoms. The van der Waals surface area contributed by atoms with Gasteiger partial charge in [-0.05, 0) is 36.8 Å². The third kappa shape index (κ3) is 3.14. The highest BCUT2D eigenvalue weighted by Crippen LogP contribution is 2.28. The molecule has 0 aromatic heterocycles. The van der Waals surface area contributed by atoms with Gasteiger partial charge in [-0.15, -0.1) is 0 Å². The molecule has 0 spiro atoms. The first-order valence-electron chi connectivity index (χ1n) is 7.70. The maximum atomic E-state index is 6.05. The van der Waals surface area contributed by atoms with Crippen molar-refractivity contribution in [3.63, 3.8) is 0 Å². The summed E-state index contributed by atoms with van der Waals surface area (Å²) in [4.78, 5) is 6.70. The average molecular weight is 273 g/mol. The van der Waals surface area contributed by atoms with Gasteiger partial charge < -0.3 is 10.6 Å². The van der Waals surface area contributed by atoms with E-state index in [2.05, 4.69) is 61.9 Å². The standard InChI is InChI=1S/C17H27N3/c1-5-13(4)20-16(11-19-17(20)18)15-8-6-14(7-9-15)10-12(2)3/h6-9,12-13,16H,5,10-11H2,1-4H3,(H2,18,19). The summed E-state index contributed by atoms with van der Waals surface area (Å²) in [5.41, 5.74) is 8.78. The van der Waals surface area contributed by atoms with Gasteiger partial charge in [0, 0.05) is 6.04 Å². The van der Waals surface area contributed by atoms with Gasteiger partial charge in [0.05, 0.1) is 12.6 Å². The maximum absolute atomic E-state index is 6.05. The Hall–Kier alpha value is -1.51. The molecule has 1 aliphatic heterocycles. The third-order valence-corrected chi connectivity index (χ3v) is 4.10. The van der Waals surface area contributed by atoms with E-state index in [1.807, 2.05) is 0 Å². The second-order valence-corrected chi connectivity index (χ2v) is 6.22. The molecule has 2 rings (SSSR count). The highest BCUT2D eigenvalue weighted by Gasteiger charge is 2.30. The summed E-state index contributed by atoms with van der Waals surface area (Å²) in [5.74, 6) is 1.39. The Morgan fingerprint density at radius 3 is 2.45 bits per heavy atom. The molecule has 0 aliphatic carbocycles. The third-order valence-electron chi connectivity index (χ3n) is 4.10. The predicted octanol–water partition coefficient (Wildman–Crippen LogP) is 3.36. The van der Waals surface area contributed by atoms with Crippen LogP contribution in [0.5, 0.6) is 0 Å². The number of benzene rings is 1. The normalized spacial score (nSPS) is 20.4. The van der Waals surface area contributed by atoms with E-state index in [0.717, 1.165) is 19.4 Å². The lowest BCUT2D eigenvalue weighted by molar-refractivity contribution is 0.268. The SMILES string of the molecule is CCC(C)N1C(N)=NCC1c1ccc(CC(C)C)cc1. The van der Waals surface area contributed by atoms with E-state index in [-0.39, 0.29) is 0 Å². The molecule has 1 aliphatic rings. The van der Waals surface area contributed by atoms with E-state index in [9.17, 15) is 0 Å². The van der Waals surface area contributed by atoms with Crippen molar-refractivity contribution in [1.82, 2.24) is 4.90 Å². The summed E-state index contributed by atoms with van der Waals surface area (Å²) in [5, 5.41) is 0. The van der Waals surface area contributed by atoms with E-state index in [4.69, 9.17) is 5.73 Å². The Kier molecular flexibility index (Phi) is 4.69. The smallest absolute Gasteiger partial charge is 0.192 e. The van der Waals surface area contributed by atoms with Crippen molar-refractivity contribution in [2.45, 2.75) is 52.6 Å². The topological polar surface area (TPSA) is 41.6 Å². The zero-order valence-corrected chi connectivity index (χ0v) is 13.1. The van der Waals surface area contributed by atoms with Gasteiger partial charge in [0.25, 0.3) is 0 Å². The van der Waals surface area contributed by atoms with Gasteiger partial charge in [-0.25, -0.2) is 0 Å². The summed E-state index contributed by atoms with van der Waals surface area (Å²) in [6, 6.07) is 9.72. The largest absolute Gasteiger partial charge is 0.370 e. The molecule has 1 aromatic rings. The number of nitrogens with zero attached hydrogens (tertiary/aromatic N) is 2. The summed E-state index contributed by atoms with van der Waals surface area (Å²) >= 11 is 0. The molecule has 0 saturated heterocycles. The summed E-state index contributed by atoms with van der Waals surface area (Å²) in [7, 11) is 0. The van der Waals surface area contributed by atoms with E-state index in [1.54, 1.807) is 0 Å². The minimum absolute atomic E-state index is 0.304. The number of rotatable bonds is 5. The summed E-state index contributed by atoms with van der Waals surface area (Å²) in [6.45, 7) is 9.70. The van der Waals surface area contributed by atoms with Gasteiger partial charge in [0.15, 0.2) is 5.96 Å². The molecule has 1 heterocycles. The maximum Gasteiger partial charge on any atom is 0.192 e. The van der Waals surface area contributed by atoms with Gasteiger partial charge >= 0.3 is 0 Å². The van der Waals surface area contributed by atoms with Crippen LogP contribution in [0.1, 0.15) is 51.3 Å². The first kappa shape index (κ1) is 14.9. The Balaban J connectivity index is 2.15. The molecule has 20 heavy (non-hydrogen) atoms. The van der Waals surface area contributed by atoms with Crippen LogP contribution < -0.4 is 5.73 Å². The zero-order valence-electron chi connectivity index (χ0n) is 13.1. The molecule has 3 nitrogen and oxygen atoms in total. The summed E-state index contributed by atoms with van der Waals surface area (Å²) < 4.78 is 0. The summed E-state index contributed by atoms with van der Waals surface area (Å²) in [6.07, 6.45) is 2.22. The fourth-order valence-electron chi connectivity index (χ4n) is 2.85. The van der Waals surface area contributed by atoms with Gasteiger partial charge in [-0.1, -0.05) is 45.0 Å². The van der Waals surface area contributed by atoms with Crippen molar-refractivity contribution in [2.24, 2.45) is 16.6 Å². The van der Waals surface area contributed by atoms with Crippen LogP contribution in [0.2, 0.25) is 0 Å². The van der Waals surface area contributed by atoms with Crippen molar-refractivity contribution in [3.8, 4) is 0 Å². The number of nitrogens with two attached hydrogens (primary N) is 1. The lowest BCUT2D eigenvalue weighted by Gasteiger charge is -2.32. The second-order valence-electron chi connectivity index (χ2n) is 6.22. The molecule has 1 aromatic carbocycles. The number of aliphatic imine (C=N–C) groups is 1. The minimum Gasteiger partial charge on any atom is -0.370 e. The van der Waals surface area contributed by atoms with Crippen LogP contribution in [0.25, 0.3) is 0 Å². The molecule has 0 radical (unpaired) electrons. The first-order valence-corrected chi connectivity index (χ1v) is 7.70. The molecule has 2 N–H and O–H groups in total. The Morgan fingerprint density at radius 2 is 1.90 bits per heavy atom. The average Bonchev–Trinajstić information content (AvgIpc) is 2.80. The molecule has 110 valence electrons. The highest BCUT2D eigenvalue weighted by molar-refractivity contribution is 5.80. The molecule has 0 amide bonds. The predicted molar refractivity (Wildman–Crippen MR) is 85.8 cm³/mol. The van der Waals surface area contributed by atoms with E-state index >= 15 is 0 Å². The fourth-order valence-corrected chi connectivity index (χ4v) is 2.85. The van der Waals surface area contributed by atoms with Gasteiger partial charge in [0.2, 0.25) is 0 Å². The Morgan fingerprint density at radius 1 is 1.25 bits per heavy atom. The first-order chi connectivity index (χ1) is 9.52. The minimum atomic E-state index is 0.304. The molecular weight excluding hydrogens is 246 g/mol. The second kappa shape index (κ2) is 6.29. The van der Waals surface area contributed by atoms with E-state index in [1.165, 1.54) is 11.1 Å². The van der Waals surface area contributed by atoms with Crippen LogP contribution in [0.3, 0.4) is 0 Å². The van der Waals surface area contributed by atoms with Crippen molar-refractivity contribution in [1.29, 1.82) is 0 Å². The van der Waals surface area contributed by atoms with Crippen LogP contribution in [-0.4, -0.2) is 23.4 Å². The van der Waals surface area contributed by atoms with Crippen molar-refractivity contribution in [3.05, 3.63) is 35.4 Å². The van der Waals surface area contributed by atoms with E-state index in [0.29, 0.717) is 24.0 Å². The highest BCUT2D eigenvalue weighted by atomic mass is 15.3. The number of hydrogen-bond acceptors (Lipinski definition) is 3. The van der Waals surface area contributed by atoms with Gasteiger partial charge in [-0.2, -0.15) is 0 Å².